The zero-order chi connectivity index (χ0) is 44.5. The number of fused-ring (bicyclic) bond motifs is 4. The summed E-state index contributed by atoms with van der Waals surface area (Å²) in [6, 6.07) is 60.3. The van der Waals surface area contributed by atoms with Crippen LogP contribution in [-0.4, -0.2) is 24.2 Å². The van der Waals surface area contributed by atoms with Crippen LogP contribution < -0.4 is 0 Å². The average Bonchev–Trinajstić information content (AvgIpc) is 3.85. The van der Waals surface area contributed by atoms with Crippen molar-refractivity contribution in [3.8, 4) is 50.9 Å². The van der Waals surface area contributed by atoms with Gasteiger partial charge in [-0.3, -0.25) is 9.55 Å². The molecule has 0 radical (unpaired) electrons. The van der Waals surface area contributed by atoms with Crippen molar-refractivity contribution in [2.24, 2.45) is 0 Å². The normalized spacial score (nSPS) is 12.4. The van der Waals surface area contributed by atoms with Crippen molar-refractivity contribution in [1.29, 1.82) is 0 Å². The molecule has 0 fully saturated rings. The SMILES string of the molecule is CC(C)(C)c1cc(-c2nc3c(-c4cc(-c5cc6c(cn5)c5ccccc5n6-c5ccccc5)cc(C(C)(C)c5ccccc5)c4)cccc3n2-c2ccccc2)c(O)c(C(C)(C)C)c1. The van der Waals surface area contributed by atoms with Gasteiger partial charge in [0.25, 0.3) is 0 Å². The Morgan fingerprint density at radius 2 is 1.06 bits per heavy atom. The van der Waals surface area contributed by atoms with Gasteiger partial charge in [0.2, 0.25) is 0 Å². The fraction of sp³-hybridized carbons (Fsp3) is 0.186. The highest BCUT2D eigenvalue weighted by atomic mass is 16.3. The lowest BCUT2D eigenvalue weighted by Gasteiger charge is -2.27. The van der Waals surface area contributed by atoms with Gasteiger partial charge < -0.3 is 9.67 Å². The molecule has 0 bridgehead atoms. The maximum atomic E-state index is 12.3. The summed E-state index contributed by atoms with van der Waals surface area (Å²) < 4.78 is 4.56. The minimum absolute atomic E-state index is 0.161. The molecular formula is C59H54N4O. The van der Waals surface area contributed by atoms with Crippen LogP contribution in [0.15, 0.2) is 176 Å². The highest BCUT2D eigenvalue weighted by molar-refractivity contribution is 6.09. The van der Waals surface area contributed by atoms with Gasteiger partial charge in [0.1, 0.15) is 11.6 Å². The Morgan fingerprint density at radius 3 is 1.73 bits per heavy atom. The van der Waals surface area contributed by atoms with Crippen molar-refractivity contribution >= 4 is 32.8 Å². The molecule has 0 atom stereocenters. The Bertz CT molecular complexity index is 3360. The topological polar surface area (TPSA) is 55.9 Å². The second-order valence-electron chi connectivity index (χ2n) is 19.8. The molecule has 7 aromatic carbocycles. The van der Waals surface area contributed by atoms with Crippen molar-refractivity contribution < 1.29 is 5.11 Å². The average molecular weight is 835 g/mol. The third kappa shape index (κ3) is 6.96. The fourth-order valence-corrected chi connectivity index (χ4v) is 9.35. The van der Waals surface area contributed by atoms with E-state index in [-0.39, 0.29) is 22.0 Å². The van der Waals surface area contributed by atoms with Gasteiger partial charge in [-0.15, -0.1) is 0 Å². The van der Waals surface area contributed by atoms with E-state index in [9.17, 15) is 5.11 Å². The van der Waals surface area contributed by atoms with Crippen LogP contribution in [0.3, 0.4) is 0 Å². The predicted molar refractivity (Wildman–Crippen MR) is 267 cm³/mol. The maximum absolute atomic E-state index is 12.3. The first-order chi connectivity index (χ1) is 30.7. The minimum atomic E-state index is -0.347. The monoisotopic (exact) mass is 834 g/mol. The Labute approximate surface area is 376 Å². The molecular weight excluding hydrogens is 781 g/mol. The number of benzene rings is 7. The summed E-state index contributed by atoms with van der Waals surface area (Å²) in [5.41, 5.74) is 14.4. The number of hydrogen-bond donors (Lipinski definition) is 1. The molecule has 0 amide bonds. The van der Waals surface area contributed by atoms with Crippen molar-refractivity contribution in [3.05, 3.63) is 198 Å². The summed E-state index contributed by atoms with van der Waals surface area (Å²) in [6.07, 6.45) is 2.04. The van der Waals surface area contributed by atoms with Crippen LogP contribution in [0, 0.1) is 0 Å². The number of para-hydroxylation sites is 4. The molecule has 3 aromatic heterocycles. The van der Waals surface area contributed by atoms with Gasteiger partial charge in [-0.2, -0.15) is 0 Å². The molecule has 0 unspecified atom stereocenters. The molecule has 5 heteroatoms. The number of hydrogen-bond acceptors (Lipinski definition) is 3. The predicted octanol–water partition coefficient (Wildman–Crippen LogP) is 15.1. The van der Waals surface area contributed by atoms with Crippen LogP contribution in [0.2, 0.25) is 0 Å². The molecule has 316 valence electrons. The van der Waals surface area contributed by atoms with Crippen molar-refractivity contribution in [2.45, 2.75) is 71.6 Å². The smallest absolute Gasteiger partial charge is 0.149 e. The highest BCUT2D eigenvalue weighted by Gasteiger charge is 2.30. The molecule has 1 N–H and O–H groups in total. The number of phenols is 1. The standard InChI is InChI=1S/C59H54N4O/c1-57(2,3)41-34-47(55(64)49(35-41)58(4,5)6)56-61-54-45(28-20-30-52(54)63(56)44-25-16-11-17-26-44)38-31-39(33-42(32-38)59(7,8)40-21-12-9-13-22-40)50-36-53-48(37-60-50)46-27-18-19-29-51(46)62(53)43-23-14-10-15-24-43/h9-37,64H,1-8H3. The Hall–Kier alpha value is -7.24. The third-order valence-electron chi connectivity index (χ3n) is 13.1. The Balaban J connectivity index is 1.25. The Kier molecular flexibility index (Phi) is 9.72. The number of pyridine rings is 1. The molecule has 0 spiro atoms. The summed E-state index contributed by atoms with van der Waals surface area (Å²) in [4.78, 5) is 10.8. The van der Waals surface area contributed by atoms with Crippen molar-refractivity contribution in [3.63, 3.8) is 0 Å². The molecule has 5 nitrogen and oxygen atoms in total. The zero-order valence-corrected chi connectivity index (χ0v) is 38.0. The van der Waals surface area contributed by atoms with E-state index in [2.05, 4.69) is 228 Å². The van der Waals surface area contributed by atoms with E-state index in [0.717, 1.165) is 72.3 Å². The summed E-state index contributed by atoms with van der Waals surface area (Å²) in [5, 5.41) is 14.6. The van der Waals surface area contributed by atoms with Crippen LogP contribution in [0.4, 0.5) is 0 Å². The summed E-state index contributed by atoms with van der Waals surface area (Å²) in [5.74, 6) is 0.961. The highest BCUT2D eigenvalue weighted by Crippen LogP contribution is 2.45. The van der Waals surface area contributed by atoms with Crippen LogP contribution in [0.25, 0.3) is 78.0 Å². The quantitative estimate of drug-likeness (QED) is 0.174. The molecule has 10 rings (SSSR count). The van der Waals surface area contributed by atoms with Crippen molar-refractivity contribution in [1.82, 2.24) is 19.1 Å². The molecule has 0 aliphatic heterocycles. The van der Waals surface area contributed by atoms with Crippen LogP contribution in [0.1, 0.15) is 77.6 Å². The molecule has 0 aliphatic carbocycles. The third-order valence-corrected chi connectivity index (χ3v) is 13.1. The fourth-order valence-electron chi connectivity index (χ4n) is 9.35. The first-order valence-corrected chi connectivity index (χ1v) is 22.3. The van der Waals surface area contributed by atoms with Gasteiger partial charge in [-0.1, -0.05) is 165 Å². The number of imidazole rings is 1. The summed E-state index contributed by atoms with van der Waals surface area (Å²) in [6.45, 7) is 17.8. The summed E-state index contributed by atoms with van der Waals surface area (Å²) >= 11 is 0. The maximum Gasteiger partial charge on any atom is 0.149 e. The zero-order valence-electron chi connectivity index (χ0n) is 38.0. The van der Waals surface area contributed by atoms with E-state index in [1.165, 1.54) is 16.5 Å². The minimum Gasteiger partial charge on any atom is -0.507 e. The number of rotatable bonds is 7. The van der Waals surface area contributed by atoms with E-state index < -0.39 is 0 Å². The van der Waals surface area contributed by atoms with E-state index in [4.69, 9.17) is 9.97 Å². The first kappa shape index (κ1) is 40.8. The first-order valence-electron chi connectivity index (χ1n) is 22.3. The lowest BCUT2D eigenvalue weighted by Crippen LogP contribution is -2.19. The second-order valence-corrected chi connectivity index (χ2v) is 19.8. The Morgan fingerprint density at radius 1 is 0.453 bits per heavy atom. The largest absolute Gasteiger partial charge is 0.507 e. The van der Waals surface area contributed by atoms with Crippen LogP contribution in [-0.2, 0) is 16.2 Å². The molecule has 10 aromatic rings. The van der Waals surface area contributed by atoms with Gasteiger partial charge in [-0.25, -0.2) is 4.98 Å². The molecule has 64 heavy (non-hydrogen) atoms. The lowest BCUT2D eigenvalue weighted by atomic mass is 9.76. The van der Waals surface area contributed by atoms with Gasteiger partial charge in [0, 0.05) is 50.4 Å². The van der Waals surface area contributed by atoms with Gasteiger partial charge in [-0.05, 0) is 93.7 Å². The van der Waals surface area contributed by atoms with Crippen molar-refractivity contribution in [2.75, 3.05) is 0 Å². The van der Waals surface area contributed by atoms with E-state index in [0.29, 0.717) is 11.4 Å². The number of aromatic hydroxyl groups is 1. The molecule has 0 aliphatic rings. The van der Waals surface area contributed by atoms with E-state index in [1.54, 1.807) is 0 Å². The second kappa shape index (κ2) is 15.2. The van der Waals surface area contributed by atoms with Gasteiger partial charge in [0.15, 0.2) is 0 Å². The van der Waals surface area contributed by atoms with Crippen LogP contribution in [0.5, 0.6) is 5.75 Å². The number of phenolic OH excluding ortho intramolecular Hbond substituents is 1. The van der Waals surface area contributed by atoms with Gasteiger partial charge in [0.05, 0.1) is 33.3 Å². The molecule has 0 saturated carbocycles. The summed E-state index contributed by atoms with van der Waals surface area (Å²) in [7, 11) is 0. The number of aromatic nitrogens is 4. The van der Waals surface area contributed by atoms with Crippen LogP contribution >= 0.6 is 0 Å². The van der Waals surface area contributed by atoms with E-state index in [1.807, 2.05) is 12.3 Å². The van der Waals surface area contributed by atoms with Gasteiger partial charge >= 0.3 is 0 Å². The lowest BCUT2D eigenvalue weighted by molar-refractivity contribution is 0.446. The molecule has 0 saturated heterocycles. The number of nitrogens with zero attached hydrogens (tertiary/aromatic N) is 4. The van der Waals surface area contributed by atoms with E-state index >= 15 is 0 Å². The molecule has 3 heterocycles.